The van der Waals surface area contributed by atoms with Gasteiger partial charge in [-0.15, -0.1) is 0 Å². The van der Waals surface area contributed by atoms with Crippen molar-refractivity contribution in [2.24, 2.45) is 11.7 Å². The van der Waals surface area contributed by atoms with Crippen molar-refractivity contribution in [1.82, 2.24) is 9.88 Å². The Labute approximate surface area is 260 Å². The van der Waals surface area contributed by atoms with Gasteiger partial charge in [0.05, 0.1) is 42.7 Å². The number of nitrogens with zero attached hydrogens (tertiary/aromatic N) is 2. The Morgan fingerprint density at radius 2 is 1.91 bits per heavy atom. The first kappa shape index (κ1) is 32.0. The number of hydrogen-bond donors (Lipinski definition) is 2. The number of para-hydroxylation sites is 1. The number of morpholine rings is 1. The molecule has 3 fully saturated rings. The molecule has 1 aromatic heterocycles. The molecule has 1 aromatic carbocycles. The summed E-state index contributed by atoms with van der Waals surface area (Å²) in [4.78, 5) is 33.5. The van der Waals surface area contributed by atoms with E-state index in [0.717, 1.165) is 43.7 Å². The largest absolute Gasteiger partial charge is 0.373 e. The van der Waals surface area contributed by atoms with Crippen molar-refractivity contribution in [1.29, 1.82) is 0 Å². The summed E-state index contributed by atoms with van der Waals surface area (Å²) in [6, 6.07) is 9.25. The maximum absolute atomic E-state index is 13.3. The molecule has 3 aliphatic rings. The predicted molar refractivity (Wildman–Crippen MR) is 169 cm³/mol. The van der Waals surface area contributed by atoms with E-state index < -0.39 is 16.7 Å². The SMILES string of the molecule is CCC1(Cl)CC(OC2CC(CN3CC(C)OC(C)C3)C2)(N(Cc2c(C)cc(C)[nH]c2=O)c2ccccc2C(N)=O)CCO1. The quantitative estimate of drug-likeness (QED) is 0.291. The highest BCUT2D eigenvalue weighted by molar-refractivity contribution is 6.23. The number of hydrogen-bond acceptors (Lipinski definition) is 7. The van der Waals surface area contributed by atoms with Gasteiger partial charge in [0, 0.05) is 43.7 Å². The molecule has 236 valence electrons. The van der Waals surface area contributed by atoms with Crippen molar-refractivity contribution in [2.45, 2.75) is 102 Å². The molecule has 2 saturated heterocycles. The first-order valence-electron chi connectivity index (χ1n) is 15.6. The van der Waals surface area contributed by atoms with Gasteiger partial charge in [-0.25, -0.2) is 0 Å². The summed E-state index contributed by atoms with van der Waals surface area (Å²) in [7, 11) is 0. The average Bonchev–Trinajstić information content (AvgIpc) is 2.91. The zero-order chi connectivity index (χ0) is 30.9. The number of alkyl halides is 1. The van der Waals surface area contributed by atoms with Crippen LogP contribution in [-0.4, -0.2) is 71.1 Å². The standard InChI is InChI=1S/C33H47ClN4O5/c1-6-32(34)20-33(11-12-41-32,43-26-14-25(15-26)18-37-16-23(4)42-24(5)17-37)38(29-10-8-7-9-27(29)30(35)39)19-28-21(2)13-22(3)36-31(28)40/h7-10,13,23-26H,6,11-12,14-20H2,1-5H3,(H2,35,39)(H,36,40). The van der Waals surface area contributed by atoms with Gasteiger partial charge in [-0.3, -0.25) is 14.5 Å². The van der Waals surface area contributed by atoms with Crippen molar-refractivity contribution in [3.05, 3.63) is 63.1 Å². The molecule has 2 aromatic rings. The minimum atomic E-state index is -0.948. The minimum absolute atomic E-state index is 0.0115. The van der Waals surface area contributed by atoms with Crippen LogP contribution in [0.15, 0.2) is 35.1 Å². The highest BCUT2D eigenvalue weighted by Crippen LogP contribution is 2.47. The molecule has 3 heterocycles. The number of aryl methyl sites for hydroxylation is 2. The lowest BCUT2D eigenvalue weighted by Gasteiger charge is -2.54. The van der Waals surface area contributed by atoms with Crippen LogP contribution in [0.3, 0.4) is 0 Å². The van der Waals surface area contributed by atoms with Gasteiger partial charge in [-0.05, 0) is 76.6 Å². The molecule has 0 spiro atoms. The minimum Gasteiger partial charge on any atom is -0.373 e. The van der Waals surface area contributed by atoms with E-state index in [1.807, 2.05) is 39.0 Å². The van der Waals surface area contributed by atoms with Crippen LogP contribution >= 0.6 is 11.6 Å². The molecule has 5 rings (SSSR count). The number of H-pyrrole nitrogens is 1. The highest BCUT2D eigenvalue weighted by atomic mass is 35.5. The Morgan fingerprint density at radius 3 is 2.56 bits per heavy atom. The number of pyridine rings is 1. The van der Waals surface area contributed by atoms with E-state index in [9.17, 15) is 9.59 Å². The summed E-state index contributed by atoms with van der Waals surface area (Å²) in [5.74, 6) is -0.0116. The Bertz CT molecular complexity index is 1350. The zero-order valence-corrected chi connectivity index (χ0v) is 26.9. The summed E-state index contributed by atoms with van der Waals surface area (Å²) in [6.07, 6.45) is 3.82. The molecule has 0 radical (unpaired) electrons. The van der Waals surface area contributed by atoms with Gasteiger partial charge in [0.25, 0.3) is 11.5 Å². The lowest BCUT2D eigenvalue weighted by atomic mass is 9.80. The Kier molecular flexibility index (Phi) is 9.59. The van der Waals surface area contributed by atoms with Crippen molar-refractivity contribution >= 4 is 23.2 Å². The lowest BCUT2D eigenvalue weighted by molar-refractivity contribution is -0.200. The smallest absolute Gasteiger partial charge is 0.253 e. The first-order chi connectivity index (χ1) is 20.4. The van der Waals surface area contributed by atoms with Crippen molar-refractivity contribution in [2.75, 3.05) is 31.1 Å². The molecule has 43 heavy (non-hydrogen) atoms. The summed E-state index contributed by atoms with van der Waals surface area (Å²) in [5, 5.41) is -0.948. The average molecular weight is 615 g/mol. The van der Waals surface area contributed by atoms with Gasteiger partial charge in [0.2, 0.25) is 0 Å². The van der Waals surface area contributed by atoms with E-state index in [4.69, 9.17) is 31.5 Å². The molecule has 3 N–H and O–H groups in total. The summed E-state index contributed by atoms with van der Waals surface area (Å²) in [6.45, 7) is 13.6. The number of aromatic nitrogens is 1. The van der Waals surface area contributed by atoms with Gasteiger partial charge >= 0.3 is 0 Å². The lowest BCUT2D eigenvalue weighted by Crippen LogP contribution is -2.61. The number of nitrogens with two attached hydrogens (primary N) is 1. The number of anilines is 1. The molecule has 9 nitrogen and oxygen atoms in total. The summed E-state index contributed by atoms with van der Waals surface area (Å²) >= 11 is 7.09. The number of amides is 1. The van der Waals surface area contributed by atoms with E-state index in [1.165, 1.54) is 0 Å². The highest BCUT2D eigenvalue weighted by Gasteiger charge is 2.52. The topological polar surface area (TPSA) is 110 Å². The molecule has 2 aliphatic heterocycles. The third kappa shape index (κ3) is 7.12. The number of nitrogens with one attached hydrogen (secondary N) is 1. The third-order valence-corrected chi connectivity index (χ3v) is 9.78. The van der Waals surface area contributed by atoms with E-state index in [-0.39, 0.29) is 30.4 Å². The predicted octanol–water partition coefficient (Wildman–Crippen LogP) is 4.85. The maximum atomic E-state index is 13.3. The van der Waals surface area contributed by atoms with E-state index >= 15 is 0 Å². The fraction of sp³-hybridized carbons (Fsp3) is 0.636. The Balaban J connectivity index is 1.49. The second-order valence-electron chi connectivity index (χ2n) is 12.9. The second kappa shape index (κ2) is 12.9. The number of carbonyl (C=O) groups is 1. The van der Waals surface area contributed by atoms with Crippen LogP contribution in [0.5, 0.6) is 0 Å². The number of ether oxygens (including phenoxy) is 3. The van der Waals surface area contributed by atoms with Crippen molar-refractivity contribution in [3.63, 3.8) is 0 Å². The van der Waals surface area contributed by atoms with Crippen molar-refractivity contribution in [3.8, 4) is 0 Å². The zero-order valence-electron chi connectivity index (χ0n) is 26.2. The van der Waals surface area contributed by atoms with Crippen LogP contribution in [0, 0.1) is 19.8 Å². The van der Waals surface area contributed by atoms with Crippen LogP contribution in [0.2, 0.25) is 0 Å². The normalized spacial score (nSPS) is 31.4. The third-order valence-electron chi connectivity index (χ3n) is 9.27. The number of carbonyl (C=O) groups excluding carboxylic acids is 1. The fourth-order valence-electron chi connectivity index (χ4n) is 7.20. The fourth-order valence-corrected chi connectivity index (χ4v) is 7.48. The molecule has 1 saturated carbocycles. The summed E-state index contributed by atoms with van der Waals surface area (Å²) in [5.41, 5.74) is 8.09. The van der Waals surface area contributed by atoms with E-state index in [0.29, 0.717) is 48.6 Å². The van der Waals surface area contributed by atoms with Gasteiger partial charge in [-0.2, -0.15) is 0 Å². The van der Waals surface area contributed by atoms with Crippen molar-refractivity contribution < 1.29 is 19.0 Å². The summed E-state index contributed by atoms with van der Waals surface area (Å²) < 4.78 is 19.2. The molecule has 1 amide bonds. The number of rotatable bonds is 10. The number of benzene rings is 1. The van der Waals surface area contributed by atoms with Crippen LogP contribution < -0.4 is 16.2 Å². The number of halogens is 1. The monoisotopic (exact) mass is 614 g/mol. The Hall–Kier alpha value is -2.43. The van der Waals surface area contributed by atoms with Crippen LogP contribution in [-0.2, 0) is 20.8 Å². The van der Waals surface area contributed by atoms with E-state index in [2.05, 4.69) is 28.6 Å². The second-order valence-corrected chi connectivity index (χ2v) is 13.6. The molecule has 10 heteroatoms. The first-order valence-corrected chi connectivity index (χ1v) is 16.0. The maximum Gasteiger partial charge on any atom is 0.253 e. The van der Waals surface area contributed by atoms with Gasteiger partial charge in [0.15, 0.2) is 0 Å². The van der Waals surface area contributed by atoms with Crippen LogP contribution in [0.25, 0.3) is 0 Å². The van der Waals surface area contributed by atoms with Gasteiger partial charge in [-0.1, -0.05) is 30.7 Å². The van der Waals surface area contributed by atoms with Crippen LogP contribution in [0.1, 0.15) is 80.1 Å². The van der Waals surface area contributed by atoms with E-state index in [1.54, 1.807) is 12.1 Å². The molecule has 4 unspecified atom stereocenters. The number of aromatic amines is 1. The molecular weight excluding hydrogens is 568 g/mol. The van der Waals surface area contributed by atoms with Crippen LogP contribution in [0.4, 0.5) is 5.69 Å². The molecule has 0 bridgehead atoms. The number of primary amides is 1. The molecule has 1 aliphatic carbocycles. The Morgan fingerprint density at radius 1 is 1.21 bits per heavy atom. The van der Waals surface area contributed by atoms with Gasteiger partial charge in [0.1, 0.15) is 10.8 Å². The van der Waals surface area contributed by atoms with Gasteiger partial charge < -0.3 is 29.8 Å². The molecule has 4 atom stereocenters. The molecular formula is C33H47ClN4O5.